The molecule has 0 radical (unpaired) electrons. The Morgan fingerprint density at radius 1 is 0.622 bits per heavy atom. The number of nitrogens with two attached hydrogens (primary N) is 1. The van der Waals surface area contributed by atoms with Crippen LogP contribution in [0, 0.1) is 0 Å². The summed E-state index contributed by atoms with van der Waals surface area (Å²) in [7, 11) is 4.09. The molecule has 2 aliphatic carbocycles. The Kier molecular flexibility index (Phi) is 18.8. The van der Waals surface area contributed by atoms with Crippen LogP contribution >= 0.6 is 34.8 Å². The van der Waals surface area contributed by atoms with Crippen molar-refractivity contribution >= 4 is 75.6 Å². The van der Waals surface area contributed by atoms with Gasteiger partial charge in [-0.05, 0) is 155 Å². The van der Waals surface area contributed by atoms with Crippen molar-refractivity contribution in [2.24, 2.45) is 4.99 Å². The van der Waals surface area contributed by atoms with Gasteiger partial charge in [-0.15, -0.1) is 0 Å². The molecule has 11 rings (SSSR count). The van der Waals surface area contributed by atoms with E-state index >= 15 is 0 Å². The summed E-state index contributed by atoms with van der Waals surface area (Å²) in [6, 6.07) is 27.2. The summed E-state index contributed by atoms with van der Waals surface area (Å²) in [5.41, 5.74) is 19.8. The topological polar surface area (TPSA) is 271 Å². The number of nitrogens with one attached hydrogen (secondary N) is 2. The summed E-state index contributed by atoms with van der Waals surface area (Å²) in [5.74, 6) is -0.459. The van der Waals surface area contributed by atoms with Crippen LogP contribution in [0.2, 0.25) is 15.1 Å². The number of hydrogen-bond donors (Lipinski definition) is 10. The van der Waals surface area contributed by atoms with Gasteiger partial charge in [-0.1, -0.05) is 89.4 Å². The number of aliphatic imine (C=N–C) groups is 1. The minimum atomic E-state index is -0.598. The van der Waals surface area contributed by atoms with Crippen molar-refractivity contribution in [3.63, 3.8) is 0 Å². The maximum absolute atomic E-state index is 13.5. The number of amides is 2. The fourth-order valence-corrected chi connectivity index (χ4v) is 12.3. The number of phenols is 1. The number of nitrogen functional groups attached to an aromatic ring is 1. The zero-order chi connectivity index (χ0) is 58.5. The summed E-state index contributed by atoms with van der Waals surface area (Å²) in [5, 5.41) is 79.0. The van der Waals surface area contributed by atoms with Crippen LogP contribution in [-0.2, 0) is 81.3 Å². The number of likely N-dealkylation sites (N-methyl/N-ethyl adjacent to an activating group) is 2. The molecule has 0 saturated carbocycles. The third-order valence-electron chi connectivity index (χ3n) is 15.7. The monoisotopic (exact) mass is 1170 g/mol. The zero-order valence-electron chi connectivity index (χ0n) is 44.9. The number of carbonyl (C=O) groups excluding carboxylic acids is 3. The molecule has 2 unspecified atom stereocenters. The molecule has 0 saturated heterocycles. The molecule has 4 aliphatic rings. The van der Waals surface area contributed by atoms with Gasteiger partial charge < -0.3 is 56.8 Å². The third-order valence-corrected chi connectivity index (χ3v) is 16.7. The highest BCUT2D eigenvalue weighted by Gasteiger charge is 2.40. The van der Waals surface area contributed by atoms with Crippen LogP contribution in [0.15, 0.2) is 102 Å². The smallest absolute Gasteiger partial charge is 0.323 e. The van der Waals surface area contributed by atoms with Gasteiger partial charge in [-0.2, -0.15) is 4.99 Å². The van der Waals surface area contributed by atoms with Gasteiger partial charge in [-0.25, -0.2) is 9.59 Å². The number of aliphatic hydroxyl groups is 6. The van der Waals surface area contributed by atoms with Gasteiger partial charge in [0.25, 0.3) is 0 Å². The number of anilines is 3. The second-order valence-electron chi connectivity index (χ2n) is 20.3. The number of rotatable bonds is 12. The largest absolute Gasteiger partial charge is 0.507 e. The fraction of sp³-hybridized carbons (Fsp3) is 0.274. The van der Waals surface area contributed by atoms with E-state index in [1.54, 1.807) is 84.9 Å². The predicted molar refractivity (Wildman–Crippen MR) is 315 cm³/mol. The highest BCUT2D eigenvalue weighted by molar-refractivity contribution is 6.34. The van der Waals surface area contributed by atoms with Crippen molar-refractivity contribution in [1.82, 2.24) is 9.80 Å². The first-order valence-corrected chi connectivity index (χ1v) is 27.5. The number of halogens is 3. The third kappa shape index (κ3) is 11.7. The molecule has 0 spiro atoms. The lowest BCUT2D eigenvalue weighted by Gasteiger charge is -2.42. The first-order chi connectivity index (χ1) is 39.6. The van der Waals surface area contributed by atoms with Crippen molar-refractivity contribution in [3.8, 4) is 33.8 Å². The maximum Gasteiger partial charge on any atom is 0.323 e. The van der Waals surface area contributed by atoms with E-state index in [1.807, 2.05) is 19.2 Å². The SMILES string of the molecule is CN1CCc2cc(CO)c(CO)c3c2C1Cc1c(N)cc(CO)c(O)c1-3.CN1CCc2cc(CO)c(CO)c3c2C1Cc1c(NC(=O)Nc2ccccc2Cl)cc(CO)c(OC(=O)Cc2ccccc2Cl)c1-3.O=C=Nc1ccccc1Cl. The van der Waals surface area contributed by atoms with Crippen LogP contribution in [0.3, 0.4) is 0 Å². The average molecular weight is 1170 g/mol. The molecule has 0 bridgehead atoms. The van der Waals surface area contributed by atoms with Crippen molar-refractivity contribution < 1.29 is 54.9 Å². The second kappa shape index (κ2) is 25.9. The zero-order valence-corrected chi connectivity index (χ0v) is 47.2. The molecule has 82 heavy (non-hydrogen) atoms. The Morgan fingerprint density at radius 3 is 1.70 bits per heavy atom. The molecule has 2 amide bonds. The van der Waals surface area contributed by atoms with Crippen LogP contribution in [0.5, 0.6) is 11.5 Å². The van der Waals surface area contributed by atoms with Gasteiger partial charge in [0.05, 0.1) is 67.5 Å². The maximum atomic E-state index is 13.5. The summed E-state index contributed by atoms with van der Waals surface area (Å²) in [6.07, 6.45) is 3.97. The molecule has 0 fully saturated rings. The minimum Gasteiger partial charge on any atom is -0.507 e. The van der Waals surface area contributed by atoms with E-state index in [0.29, 0.717) is 106 Å². The molecule has 426 valence electrons. The van der Waals surface area contributed by atoms with Gasteiger partial charge in [0.2, 0.25) is 6.08 Å². The number of urea groups is 1. The molecule has 0 aromatic heterocycles. The van der Waals surface area contributed by atoms with Crippen molar-refractivity contribution in [2.75, 3.05) is 43.6 Å². The number of esters is 1. The number of aromatic hydroxyl groups is 1. The van der Waals surface area contributed by atoms with Gasteiger partial charge in [0.1, 0.15) is 11.5 Å². The van der Waals surface area contributed by atoms with Crippen molar-refractivity contribution in [2.45, 2.75) is 83.8 Å². The number of nitrogens with zero attached hydrogens (tertiary/aromatic N) is 3. The number of para-hydroxylation sites is 2. The molecular weight excluding hydrogens is 1110 g/mol. The predicted octanol–water partition coefficient (Wildman–Crippen LogP) is 9.53. The number of hydrogen-bond acceptors (Lipinski definition) is 15. The van der Waals surface area contributed by atoms with E-state index in [2.05, 4.69) is 32.5 Å². The fourth-order valence-electron chi connectivity index (χ4n) is 11.7. The molecule has 7 aromatic rings. The molecule has 2 aliphatic heterocycles. The van der Waals surface area contributed by atoms with E-state index in [0.717, 1.165) is 59.3 Å². The van der Waals surface area contributed by atoms with Gasteiger partial charge in [0.15, 0.2) is 0 Å². The van der Waals surface area contributed by atoms with Gasteiger partial charge in [-0.3, -0.25) is 14.6 Å². The molecule has 7 aromatic carbocycles. The van der Waals surface area contributed by atoms with E-state index in [4.69, 9.17) is 45.3 Å². The minimum absolute atomic E-state index is 0.00960. The molecular formula is C62H61Cl3N6O11. The number of isocyanates is 1. The van der Waals surface area contributed by atoms with Crippen molar-refractivity contribution in [3.05, 3.63) is 184 Å². The van der Waals surface area contributed by atoms with Gasteiger partial charge in [0, 0.05) is 63.8 Å². The number of fused-ring (bicyclic) bond motifs is 4. The van der Waals surface area contributed by atoms with Gasteiger partial charge >= 0.3 is 12.0 Å². The Bertz CT molecular complexity index is 3670. The number of carbonyl (C=O) groups is 2. The molecule has 20 heteroatoms. The van der Waals surface area contributed by atoms with Crippen LogP contribution in [-0.4, -0.2) is 90.8 Å². The average Bonchev–Trinajstić information content (AvgIpc) is 3.34. The molecule has 17 nitrogen and oxygen atoms in total. The summed E-state index contributed by atoms with van der Waals surface area (Å²) < 4.78 is 6.09. The van der Waals surface area contributed by atoms with Crippen LogP contribution in [0.1, 0.15) is 84.4 Å². The highest BCUT2D eigenvalue weighted by atomic mass is 35.5. The van der Waals surface area contributed by atoms with E-state index in [9.17, 15) is 50.1 Å². The molecule has 2 heterocycles. The van der Waals surface area contributed by atoms with E-state index in [-0.39, 0.29) is 68.6 Å². The number of ether oxygens (including phenoxy) is 1. The normalized spacial score (nSPS) is 15.4. The summed E-state index contributed by atoms with van der Waals surface area (Å²) in [4.78, 5) is 44.4. The number of aliphatic hydroxyl groups excluding tert-OH is 6. The first kappa shape index (κ1) is 59.4. The number of benzene rings is 7. The first-order valence-electron chi connectivity index (χ1n) is 26.4. The Balaban J connectivity index is 0.000000187. The lowest BCUT2D eigenvalue weighted by Crippen LogP contribution is -2.37. The summed E-state index contributed by atoms with van der Waals surface area (Å²) >= 11 is 18.2. The van der Waals surface area contributed by atoms with Crippen LogP contribution in [0.4, 0.5) is 27.5 Å². The lowest BCUT2D eigenvalue weighted by atomic mass is 9.73. The Labute approximate surface area is 488 Å². The van der Waals surface area contributed by atoms with E-state index < -0.39 is 18.6 Å². The standard InChI is InChI=1S/C35H33Cl2N3O6.C20H24N2O4.C7H4ClNO/c1-40-11-10-20-12-21(16-41)24(18-43)32-31(20)29(40)15-23-28(39-35(45)38-27-9-5-4-8-26(27)37)13-22(17-42)34(33(23)32)46-30(44)14-19-6-2-3-7-25(19)36;1-22-3-2-10-4-11(7-23)14(9-25)18-17(10)16(22)6-13-15(21)5-12(8-24)20(26)19(13)18;8-6-3-1-2-4-7(6)9-5-10/h2-9,12-13,29,41-43H,10-11,14-18H2,1H3,(H2,38,39,45);4-5,16,23-26H,2-3,6-9,21H2,1H3;1-4H. The molecule has 11 N–H and O–H groups in total. The van der Waals surface area contributed by atoms with Crippen LogP contribution < -0.4 is 21.1 Å². The molecule has 2 atom stereocenters. The quantitative estimate of drug-likeness (QED) is 0.0136. The highest BCUT2D eigenvalue weighted by Crippen LogP contribution is 2.55. The van der Waals surface area contributed by atoms with Crippen LogP contribution in [0.25, 0.3) is 22.3 Å². The Morgan fingerprint density at radius 2 is 1.15 bits per heavy atom. The van der Waals surface area contributed by atoms with Crippen molar-refractivity contribution in [1.29, 1.82) is 0 Å². The van der Waals surface area contributed by atoms with E-state index in [1.165, 1.54) is 6.08 Å². The lowest BCUT2D eigenvalue weighted by molar-refractivity contribution is -0.133. The second-order valence-corrected chi connectivity index (χ2v) is 21.5. The Hall–Kier alpha value is -7.19. The summed E-state index contributed by atoms with van der Waals surface area (Å²) in [6.45, 7) is -0.278.